The first-order valence-corrected chi connectivity index (χ1v) is 12.9. The van der Waals surface area contributed by atoms with Crippen molar-refractivity contribution < 1.29 is 14.6 Å². The molecule has 2 N–H and O–H groups in total. The van der Waals surface area contributed by atoms with Gasteiger partial charge in [-0.1, -0.05) is 67.9 Å². The molecule has 188 valence electrons. The van der Waals surface area contributed by atoms with Gasteiger partial charge in [0.2, 0.25) is 5.43 Å². The van der Waals surface area contributed by atoms with E-state index in [9.17, 15) is 14.7 Å². The molecule has 1 atom stereocenters. The summed E-state index contributed by atoms with van der Waals surface area (Å²) in [6, 6.07) is 18.4. The lowest BCUT2D eigenvalue weighted by atomic mass is 9.84. The number of aromatic nitrogens is 1. The third kappa shape index (κ3) is 5.55. The number of aryl methyl sites for hydroxylation is 1. The first-order chi connectivity index (χ1) is 17.2. The number of hydrogen-bond donors (Lipinski definition) is 2. The molecule has 6 nitrogen and oxygen atoms in total. The highest BCUT2D eigenvalue weighted by Gasteiger charge is 2.33. The number of thiophene rings is 1. The molecule has 0 saturated carbocycles. The maximum Gasteiger partial charge on any atom is 0.257 e. The van der Waals surface area contributed by atoms with Gasteiger partial charge in [0.25, 0.3) is 5.91 Å². The first-order valence-electron chi connectivity index (χ1n) is 11.7. The minimum absolute atomic E-state index is 0.0534. The number of hydrogen-bond acceptors (Lipinski definition) is 5. The SMILES string of the molecule is CC(C)[C@@](O)(COCc1cc2c(=O)c(C(=O)NCc3ccc(Cl)cc3)cn(C)c2s1)c1ccccc1. The standard InChI is InChI=1S/C28H29ClN2O4S/c1-18(2)28(34,20-7-5-4-6-8-20)17-35-16-22-13-23-25(32)24(15-31(3)27(23)36-22)26(33)30-14-19-9-11-21(29)12-10-19/h4-13,15,18,34H,14,16-17H2,1-3H3,(H,30,33)/t28-/m0/s1. The van der Waals surface area contributed by atoms with E-state index in [1.165, 1.54) is 11.3 Å². The smallest absolute Gasteiger partial charge is 0.257 e. The lowest BCUT2D eigenvalue weighted by molar-refractivity contribution is -0.0861. The third-order valence-corrected chi connectivity index (χ3v) is 7.75. The van der Waals surface area contributed by atoms with Crippen molar-refractivity contribution in [3.63, 3.8) is 0 Å². The largest absolute Gasteiger partial charge is 0.382 e. The van der Waals surface area contributed by atoms with Crippen molar-refractivity contribution in [2.24, 2.45) is 13.0 Å². The number of fused-ring (bicyclic) bond motifs is 1. The predicted octanol–water partition coefficient (Wildman–Crippen LogP) is 5.24. The van der Waals surface area contributed by atoms with Gasteiger partial charge < -0.3 is 19.7 Å². The molecule has 0 spiro atoms. The molecule has 0 aliphatic carbocycles. The number of amides is 1. The van der Waals surface area contributed by atoms with Crippen LogP contribution in [0.4, 0.5) is 0 Å². The van der Waals surface area contributed by atoms with Crippen LogP contribution in [0.15, 0.2) is 71.7 Å². The van der Waals surface area contributed by atoms with Crippen molar-refractivity contribution in [1.82, 2.24) is 9.88 Å². The molecular weight excluding hydrogens is 496 g/mol. The molecule has 4 aromatic rings. The molecule has 0 saturated heterocycles. The molecule has 1 amide bonds. The van der Waals surface area contributed by atoms with Crippen LogP contribution in [0.3, 0.4) is 0 Å². The van der Waals surface area contributed by atoms with Crippen molar-refractivity contribution in [2.45, 2.75) is 32.6 Å². The molecule has 2 aromatic heterocycles. The van der Waals surface area contributed by atoms with Gasteiger partial charge in [0.1, 0.15) is 16.0 Å². The van der Waals surface area contributed by atoms with Crippen LogP contribution in [0.5, 0.6) is 0 Å². The lowest BCUT2D eigenvalue weighted by Crippen LogP contribution is -2.37. The Labute approximate surface area is 219 Å². The van der Waals surface area contributed by atoms with E-state index in [1.54, 1.807) is 29.0 Å². The van der Waals surface area contributed by atoms with E-state index in [0.717, 1.165) is 20.8 Å². The predicted molar refractivity (Wildman–Crippen MR) is 145 cm³/mol. The summed E-state index contributed by atoms with van der Waals surface area (Å²) < 4.78 is 7.73. The number of nitrogens with one attached hydrogen (secondary N) is 1. The van der Waals surface area contributed by atoms with Crippen molar-refractivity contribution in [3.05, 3.63) is 104 Å². The van der Waals surface area contributed by atoms with Gasteiger partial charge in [-0.05, 0) is 35.2 Å². The number of ether oxygens (including phenoxy) is 1. The van der Waals surface area contributed by atoms with Crippen molar-refractivity contribution in [3.8, 4) is 0 Å². The van der Waals surface area contributed by atoms with E-state index >= 15 is 0 Å². The van der Waals surface area contributed by atoms with Crippen LogP contribution in [-0.2, 0) is 30.5 Å². The van der Waals surface area contributed by atoms with Crippen LogP contribution in [0.1, 0.15) is 40.2 Å². The van der Waals surface area contributed by atoms with Gasteiger partial charge in [0.15, 0.2) is 0 Å². The molecule has 0 aliphatic rings. The summed E-state index contributed by atoms with van der Waals surface area (Å²) in [5, 5.41) is 15.2. The Hall–Kier alpha value is -2.97. The van der Waals surface area contributed by atoms with Crippen LogP contribution >= 0.6 is 22.9 Å². The van der Waals surface area contributed by atoms with Gasteiger partial charge in [-0.3, -0.25) is 9.59 Å². The quantitative estimate of drug-likeness (QED) is 0.313. The summed E-state index contributed by atoms with van der Waals surface area (Å²) in [6.45, 7) is 4.58. The summed E-state index contributed by atoms with van der Waals surface area (Å²) in [5.41, 5.74) is 0.336. The van der Waals surface area contributed by atoms with Gasteiger partial charge in [-0.15, -0.1) is 11.3 Å². The molecule has 0 radical (unpaired) electrons. The van der Waals surface area contributed by atoms with Crippen LogP contribution < -0.4 is 10.7 Å². The fourth-order valence-electron chi connectivity index (χ4n) is 4.04. The Kier molecular flexibility index (Phi) is 7.95. The zero-order valence-corrected chi connectivity index (χ0v) is 22.0. The molecule has 36 heavy (non-hydrogen) atoms. The molecular formula is C28H29ClN2O4S. The fraction of sp³-hybridized carbons (Fsp3) is 0.286. The minimum Gasteiger partial charge on any atom is -0.382 e. The Balaban J connectivity index is 1.48. The Morgan fingerprint density at radius 2 is 1.86 bits per heavy atom. The fourth-order valence-corrected chi connectivity index (χ4v) is 5.19. The molecule has 2 heterocycles. The maximum absolute atomic E-state index is 13.1. The topological polar surface area (TPSA) is 80.6 Å². The average molecular weight is 525 g/mol. The van der Waals surface area contributed by atoms with Crippen molar-refractivity contribution in [2.75, 3.05) is 6.61 Å². The second-order valence-corrected chi connectivity index (χ2v) is 10.7. The van der Waals surface area contributed by atoms with Crippen LogP contribution in [0, 0.1) is 5.92 Å². The number of benzene rings is 2. The molecule has 0 bridgehead atoms. The Morgan fingerprint density at radius 3 is 2.53 bits per heavy atom. The summed E-state index contributed by atoms with van der Waals surface area (Å²) in [4.78, 5) is 27.5. The first kappa shape index (κ1) is 26.1. The molecule has 2 aromatic carbocycles. The summed E-state index contributed by atoms with van der Waals surface area (Å²) >= 11 is 7.35. The number of nitrogens with zero attached hydrogens (tertiary/aromatic N) is 1. The van der Waals surface area contributed by atoms with Gasteiger partial charge in [-0.25, -0.2) is 0 Å². The highest BCUT2D eigenvalue weighted by Crippen LogP contribution is 2.31. The zero-order chi connectivity index (χ0) is 25.9. The summed E-state index contributed by atoms with van der Waals surface area (Å²) in [5.74, 6) is -0.483. The number of pyridine rings is 1. The zero-order valence-electron chi connectivity index (χ0n) is 20.5. The average Bonchev–Trinajstić information content (AvgIpc) is 3.31. The second-order valence-electron chi connectivity index (χ2n) is 9.16. The van der Waals surface area contributed by atoms with Gasteiger partial charge in [0.05, 0.1) is 18.6 Å². The molecule has 0 unspecified atom stereocenters. The van der Waals surface area contributed by atoms with Gasteiger partial charge >= 0.3 is 0 Å². The Bertz CT molecular complexity index is 1410. The van der Waals surface area contributed by atoms with Gasteiger partial charge in [-0.2, -0.15) is 0 Å². The van der Waals surface area contributed by atoms with Crippen LogP contribution in [0.2, 0.25) is 5.02 Å². The number of carbonyl (C=O) groups is 1. The second kappa shape index (κ2) is 11.0. The number of halogens is 1. The summed E-state index contributed by atoms with van der Waals surface area (Å²) in [7, 11) is 1.81. The highest BCUT2D eigenvalue weighted by molar-refractivity contribution is 7.18. The highest BCUT2D eigenvalue weighted by atomic mass is 35.5. The van der Waals surface area contributed by atoms with Crippen molar-refractivity contribution >= 4 is 39.1 Å². The van der Waals surface area contributed by atoms with Crippen LogP contribution in [-0.4, -0.2) is 22.2 Å². The number of rotatable bonds is 9. The maximum atomic E-state index is 13.1. The van der Waals surface area contributed by atoms with E-state index in [4.69, 9.17) is 16.3 Å². The van der Waals surface area contributed by atoms with E-state index in [-0.39, 0.29) is 30.1 Å². The molecule has 4 rings (SSSR count). The van der Waals surface area contributed by atoms with E-state index < -0.39 is 11.5 Å². The monoisotopic (exact) mass is 524 g/mol. The molecule has 0 fully saturated rings. The van der Waals surface area contributed by atoms with E-state index in [0.29, 0.717) is 17.0 Å². The van der Waals surface area contributed by atoms with Crippen LogP contribution in [0.25, 0.3) is 10.2 Å². The number of aliphatic hydroxyl groups is 1. The minimum atomic E-state index is -1.12. The molecule has 8 heteroatoms. The third-order valence-electron chi connectivity index (χ3n) is 6.30. The summed E-state index contributed by atoms with van der Waals surface area (Å²) in [6.07, 6.45) is 1.57. The normalized spacial score (nSPS) is 13.2. The Morgan fingerprint density at radius 1 is 1.17 bits per heavy atom. The lowest BCUT2D eigenvalue weighted by Gasteiger charge is -2.32. The van der Waals surface area contributed by atoms with E-state index in [1.807, 2.05) is 63.4 Å². The number of carbonyl (C=O) groups excluding carboxylic acids is 1. The van der Waals surface area contributed by atoms with Gasteiger partial charge in [0, 0.05) is 29.7 Å². The van der Waals surface area contributed by atoms with E-state index in [2.05, 4.69) is 5.32 Å². The molecule has 0 aliphatic heterocycles. The van der Waals surface area contributed by atoms with Crippen molar-refractivity contribution in [1.29, 1.82) is 0 Å².